The molecule has 2 aliphatic heterocycles. The molecule has 2 fully saturated rings. The van der Waals surface area contributed by atoms with Gasteiger partial charge in [0.1, 0.15) is 5.60 Å². The molecule has 1 amide bonds. The molecule has 2 heterocycles. The van der Waals surface area contributed by atoms with Crippen molar-refractivity contribution in [1.29, 1.82) is 0 Å². The first kappa shape index (κ1) is 17.1. The third-order valence-electron chi connectivity index (χ3n) is 4.36. The monoisotopic (exact) mass is 313 g/mol. The van der Waals surface area contributed by atoms with Crippen molar-refractivity contribution in [2.45, 2.75) is 58.2 Å². The van der Waals surface area contributed by atoms with Crippen LogP contribution in [0.4, 0.5) is 4.79 Å². The molecule has 0 aliphatic carbocycles. The Morgan fingerprint density at radius 3 is 2.41 bits per heavy atom. The SMILES string of the molecule is CC(C)(C)OC(=O)N1CCC(C[C@@H]2OCC[C@@H]2C(=O)O)CC1. The van der Waals surface area contributed by atoms with E-state index >= 15 is 0 Å². The Bertz CT molecular complexity index is 409. The van der Waals surface area contributed by atoms with Crippen molar-refractivity contribution in [3.63, 3.8) is 0 Å². The molecule has 0 saturated carbocycles. The van der Waals surface area contributed by atoms with Gasteiger partial charge >= 0.3 is 12.1 Å². The van der Waals surface area contributed by atoms with E-state index in [0.29, 0.717) is 32.0 Å². The number of nitrogens with zero attached hydrogens (tertiary/aromatic N) is 1. The molecule has 0 radical (unpaired) electrons. The first-order chi connectivity index (χ1) is 10.3. The third kappa shape index (κ3) is 4.60. The smallest absolute Gasteiger partial charge is 0.410 e. The first-order valence-corrected chi connectivity index (χ1v) is 8.08. The molecule has 0 spiro atoms. The van der Waals surface area contributed by atoms with Crippen molar-refractivity contribution < 1.29 is 24.2 Å². The van der Waals surface area contributed by atoms with Crippen molar-refractivity contribution in [3.05, 3.63) is 0 Å². The molecular weight excluding hydrogens is 286 g/mol. The van der Waals surface area contributed by atoms with E-state index in [1.54, 1.807) is 4.90 Å². The van der Waals surface area contributed by atoms with Crippen LogP contribution >= 0.6 is 0 Å². The van der Waals surface area contributed by atoms with E-state index < -0.39 is 11.6 Å². The standard InChI is InChI=1S/C16H27NO5/c1-16(2,3)22-15(20)17-7-4-11(5-8-17)10-13-12(14(18)19)6-9-21-13/h11-13H,4-10H2,1-3H3,(H,18,19)/t12-,13-/m0/s1. The maximum atomic E-state index is 12.0. The number of carboxylic acid groups (broad SMARTS) is 1. The number of piperidine rings is 1. The summed E-state index contributed by atoms with van der Waals surface area (Å²) in [5, 5.41) is 9.19. The van der Waals surface area contributed by atoms with Crippen LogP contribution in [0.15, 0.2) is 0 Å². The van der Waals surface area contributed by atoms with Crippen LogP contribution in [0.1, 0.15) is 46.5 Å². The Kier molecular flexibility index (Phi) is 5.32. The summed E-state index contributed by atoms with van der Waals surface area (Å²) in [6, 6.07) is 0. The number of ether oxygens (including phenoxy) is 2. The van der Waals surface area contributed by atoms with E-state index in [-0.39, 0.29) is 18.1 Å². The largest absolute Gasteiger partial charge is 0.481 e. The zero-order chi connectivity index (χ0) is 16.3. The van der Waals surface area contributed by atoms with Gasteiger partial charge in [0.25, 0.3) is 0 Å². The second-order valence-electron chi connectivity index (χ2n) is 7.29. The molecule has 1 N–H and O–H groups in total. The maximum Gasteiger partial charge on any atom is 0.410 e. The average Bonchev–Trinajstić information content (AvgIpc) is 2.86. The maximum absolute atomic E-state index is 12.0. The lowest BCUT2D eigenvalue weighted by molar-refractivity contribution is -0.143. The lowest BCUT2D eigenvalue weighted by Crippen LogP contribution is -2.42. The summed E-state index contributed by atoms with van der Waals surface area (Å²) in [6.45, 7) is 7.47. The summed E-state index contributed by atoms with van der Waals surface area (Å²) >= 11 is 0. The molecule has 2 rings (SSSR count). The van der Waals surface area contributed by atoms with E-state index in [2.05, 4.69) is 0 Å². The van der Waals surface area contributed by atoms with Crippen LogP contribution in [0.3, 0.4) is 0 Å². The van der Waals surface area contributed by atoms with Crippen molar-refractivity contribution in [1.82, 2.24) is 4.90 Å². The number of rotatable bonds is 3. The Labute approximate surface area is 131 Å². The van der Waals surface area contributed by atoms with Gasteiger partial charge < -0.3 is 19.5 Å². The van der Waals surface area contributed by atoms with Gasteiger partial charge in [-0.25, -0.2) is 4.79 Å². The predicted molar refractivity (Wildman–Crippen MR) is 80.6 cm³/mol. The fourth-order valence-electron chi connectivity index (χ4n) is 3.17. The third-order valence-corrected chi connectivity index (χ3v) is 4.36. The summed E-state index contributed by atoms with van der Waals surface area (Å²) < 4.78 is 11.0. The fraction of sp³-hybridized carbons (Fsp3) is 0.875. The highest BCUT2D eigenvalue weighted by atomic mass is 16.6. The van der Waals surface area contributed by atoms with Crippen molar-refractivity contribution in [2.75, 3.05) is 19.7 Å². The Balaban J connectivity index is 1.78. The molecule has 22 heavy (non-hydrogen) atoms. The van der Waals surface area contributed by atoms with E-state index in [1.165, 1.54) is 0 Å². The number of carboxylic acids is 1. The van der Waals surface area contributed by atoms with Crippen LogP contribution in [-0.4, -0.2) is 53.5 Å². The summed E-state index contributed by atoms with van der Waals surface area (Å²) in [5.74, 6) is -0.707. The van der Waals surface area contributed by atoms with Gasteiger partial charge in [0.2, 0.25) is 0 Å². The van der Waals surface area contributed by atoms with Crippen LogP contribution in [-0.2, 0) is 14.3 Å². The second-order valence-corrected chi connectivity index (χ2v) is 7.29. The predicted octanol–water partition coefficient (Wildman–Crippen LogP) is 2.51. The molecule has 0 bridgehead atoms. The zero-order valence-corrected chi connectivity index (χ0v) is 13.7. The van der Waals surface area contributed by atoms with Crippen LogP contribution < -0.4 is 0 Å². The summed E-state index contributed by atoms with van der Waals surface area (Å²) in [5.41, 5.74) is -0.472. The van der Waals surface area contributed by atoms with Crippen molar-refractivity contribution in [3.8, 4) is 0 Å². The second kappa shape index (κ2) is 6.86. The molecule has 2 atom stereocenters. The van der Waals surface area contributed by atoms with Gasteiger partial charge in [-0.1, -0.05) is 0 Å². The van der Waals surface area contributed by atoms with E-state index in [1.807, 2.05) is 20.8 Å². The molecule has 0 aromatic heterocycles. The van der Waals surface area contributed by atoms with E-state index in [4.69, 9.17) is 9.47 Å². The Hall–Kier alpha value is -1.30. The summed E-state index contributed by atoms with van der Waals surface area (Å²) in [6.07, 6.45) is 2.72. The minimum Gasteiger partial charge on any atom is -0.481 e. The minimum absolute atomic E-state index is 0.171. The summed E-state index contributed by atoms with van der Waals surface area (Å²) in [4.78, 5) is 24.9. The Morgan fingerprint density at radius 1 is 1.23 bits per heavy atom. The number of aliphatic carboxylic acids is 1. The number of carbonyl (C=O) groups is 2. The van der Waals surface area contributed by atoms with Crippen LogP contribution in [0.5, 0.6) is 0 Å². The number of amides is 1. The van der Waals surface area contributed by atoms with Gasteiger partial charge in [-0.15, -0.1) is 0 Å². The molecule has 126 valence electrons. The highest BCUT2D eigenvalue weighted by Crippen LogP contribution is 2.31. The van der Waals surface area contributed by atoms with Crippen LogP contribution in [0.2, 0.25) is 0 Å². The van der Waals surface area contributed by atoms with Crippen LogP contribution in [0.25, 0.3) is 0 Å². The lowest BCUT2D eigenvalue weighted by Gasteiger charge is -2.34. The van der Waals surface area contributed by atoms with E-state index in [0.717, 1.165) is 19.3 Å². The van der Waals surface area contributed by atoms with Gasteiger partial charge in [-0.3, -0.25) is 4.79 Å². The van der Waals surface area contributed by atoms with Gasteiger partial charge in [-0.05, 0) is 52.4 Å². The molecule has 0 aromatic rings. The zero-order valence-electron chi connectivity index (χ0n) is 13.7. The topological polar surface area (TPSA) is 76.1 Å². The highest BCUT2D eigenvalue weighted by Gasteiger charge is 2.36. The van der Waals surface area contributed by atoms with Gasteiger partial charge in [-0.2, -0.15) is 0 Å². The Morgan fingerprint density at radius 2 is 1.86 bits per heavy atom. The average molecular weight is 313 g/mol. The molecule has 0 aromatic carbocycles. The van der Waals surface area contributed by atoms with Crippen molar-refractivity contribution >= 4 is 12.1 Å². The number of carbonyl (C=O) groups excluding carboxylic acids is 1. The van der Waals surface area contributed by atoms with Crippen molar-refractivity contribution in [2.24, 2.45) is 11.8 Å². The molecule has 2 aliphatic rings. The molecular formula is C16H27NO5. The molecule has 6 heteroatoms. The lowest BCUT2D eigenvalue weighted by atomic mass is 9.87. The quantitative estimate of drug-likeness (QED) is 0.866. The highest BCUT2D eigenvalue weighted by molar-refractivity contribution is 5.71. The van der Waals surface area contributed by atoms with Gasteiger partial charge in [0, 0.05) is 19.7 Å². The minimum atomic E-state index is -0.756. The molecule has 0 unspecified atom stereocenters. The van der Waals surface area contributed by atoms with Crippen LogP contribution in [0, 0.1) is 11.8 Å². The number of hydrogen-bond acceptors (Lipinski definition) is 4. The number of hydrogen-bond donors (Lipinski definition) is 1. The molecule has 2 saturated heterocycles. The fourth-order valence-corrected chi connectivity index (χ4v) is 3.17. The summed E-state index contributed by atoms with van der Waals surface area (Å²) in [7, 11) is 0. The molecule has 6 nitrogen and oxygen atoms in total. The normalized spacial score (nSPS) is 27.0. The number of likely N-dealkylation sites (tertiary alicyclic amines) is 1. The van der Waals surface area contributed by atoms with Gasteiger partial charge in [0.05, 0.1) is 12.0 Å². The van der Waals surface area contributed by atoms with Gasteiger partial charge in [0.15, 0.2) is 0 Å². The van der Waals surface area contributed by atoms with E-state index in [9.17, 15) is 14.7 Å². The first-order valence-electron chi connectivity index (χ1n) is 8.08.